The van der Waals surface area contributed by atoms with Crippen molar-refractivity contribution in [2.24, 2.45) is 0 Å². The van der Waals surface area contributed by atoms with Crippen molar-refractivity contribution in [3.8, 4) is 0 Å². The van der Waals surface area contributed by atoms with Crippen LogP contribution in [-0.2, 0) is 16.3 Å². The van der Waals surface area contributed by atoms with Gasteiger partial charge in [0.15, 0.2) is 5.69 Å². The molecule has 0 radical (unpaired) electrons. The number of nitrogens with zero attached hydrogens (tertiary/aromatic N) is 1. The van der Waals surface area contributed by atoms with Gasteiger partial charge in [0.25, 0.3) is 0 Å². The van der Waals surface area contributed by atoms with Crippen LogP contribution in [0.1, 0.15) is 18.1 Å². The van der Waals surface area contributed by atoms with Gasteiger partial charge in [0.05, 0.1) is 11.5 Å². The van der Waals surface area contributed by atoms with Crippen LogP contribution in [0, 0.1) is 6.57 Å². The van der Waals surface area contributed by atoms with Crippen LogP contribution in [0.3, 0.4) is 0 Å². The van der Waals surface area contributed by atoms with Crippen molar-refractivity contribution in [3.05, 3.63) is 64.4 Å². The summed E-state index contributed by atoms with van der Waals surface area (Å²) >= 11 is 0. The molecule has 1 heterocycles. The Morgan fingerprint density at radius 1 is 1.12 bits per heavy atom. The lowest BCUT2D eigenvalue weighted by molar-refractivity contribution is 0.262. The van der Waals surface area contributed by atoms with Gasteiger partial charge in [-0.25, -0.2) is 18.1 Å². The molecule has 126 valence electrons. The molecule has 2 aromatic rings. The molecule has 0 saturated carbocycles. The van der Waals surface area contributed by atoms with Gasteiger partial charge in [-0.2, -0.15) is 0 Å². The van der Waals surface area contributed by atoms with Crippen LogP contribution >= 0.6 is 0 Å². The fourth-order valence-electron chi connectivity index (χ4n) is 2.58. The number of fused-ring (bicyclic) bond motifs is 1. The highest BCUT2D eigenvalue weighted by atomic mass is 32.2. The van der Waals surface area contributed by atoms with Crippen LogP contribution in [0.2, 0.25) is 0 Å². The zero-order valence-corrected chi connectivity index (χ0v) is 14.2. The van der Waals surface area contributed by atoms with Crippen molar-refractivity contribution < 1.29 is 13.2 Å². The van der Waals surface area contributed by atoms with Crippen molar-refractivity contribution in [2.75, 3.05) is 10.6 Å². The summed E-state index contributed by atoms with van der Waals surface area (Å²) in [5.41, 5.74) is 2.97. The van der Waals surface area contributed by atoms with Gasteiger partial charge in [-0.3, -0.25) is 0 Å². The lowest BCUT2D eigenvalue weighted by atomic mass is 10.1. The lowest BCUT2D eigenvalue weighted by Gasteiger charge is -2.10. The molecule has 0 bridgehead atoms. The molecule has 2 N–H and O–H groups in total. The topological polar surface area (TPSA) is 79.6 Å². The molecule has 0 aromatic heterocycles. The van der Waals surface area contributed by atoms with Gasteiger partial charge in [-0.15, -0.1) is 0 Å². The Hall–Kier alpha value is -3.11. The molecule has 0 atom stereocenters. The molecule has 0 spiro atoms. The highest BCUT2D eigenvalue weighted by Crippen LogP contribution is 2.29. The second kappa shape index (κ2) is 6.42. The SMILES string of the molecule is [C-]#[N+]c1ccc(NC(=O)Nc2ccc3c(c2)S(=O)(=O)C=C3)cc1CC. The van der Waals surface area contributed by atoms with Crippen molar-refractivity contribution in [1.82, 2.24) is 0 Å². The minimum absolute atomic E-state index is 0.181. The molecule has 25 heavy (non-hydrogen) atoms. The predicted molar refractivity (Wildman–Crippen MR) is 97.4 cm³/mol. The van der Waals surface area contributed by atoms with Gasteiger partial charge < -0.3 is 10.6 Å². The van der Waals surface area contributed by atoms with Gasteiger partial charge in [0.1, 0.15) is 0 Å². The van der Waals surface area contributed by atoms with Gasteiger partial charge in [-0.05, 0) is 47.9 Å². The average Bonchev–Trinajstić information content (AvgIpc) is 2.89. The van der Waals surface area contributed by atoms with E-state index in [1.807, 2.05) is 6.92 Å². The number of carbonyl (C=O) groups is 1. The van der Waals surface area contributed by atoms with Crippen LogP contribution < -0.4 is 10.6 Å². The second-order valence-corrected chi connectivity index (χ2v) is 7.29. The number of hydrogen-bond donors (Lipinski definition) is 2. The van der Waals surface area contributed by atoms with E-state index < -0.39 is 15.9 Å². The number of anilines is 2. The summed E-state index contributed by atoms with van der Waals surface area (Å²) in [7, 11) is -3.42. The maximum absolute atomic E-state index is 12.1. The number of benzene rings is 2. The summed E-state index contributed by atoms with van der Waals surface area (Å²) in [5.74, 6) is 0. The Labute approximate surface area is 145 Å². The zero-order chi connectivity index (χ0) is 18.0. The first-order valence-corrected chi connectivity index (χ1v) is 9.13. The van der Waals surface area contributed by atoms with Crippen LogP contribution in [0.15, 0.2) is 46.7 Å². The van der Waals surface area contributed by atoms with E-state index >= 15 is 0 Å². The van der Waals surface area contributed by atoms with E-state index in [1.165, 1.54) is 12.1 Å². The third-order valence-electron chi connectivity index (χ3n) is 3.84. The molecule has 0 saturated heterocycles. The molecule has 0 aliphatic carbocycles. The highest BCUT2D eigenvalue weighted by Gasteiger charge is 2.21. The molecule has 0 unspecified atom stereocenters. The van der Waals surface area contributed by atoms with Gasteiger partial charge in [-0.1, -0.05) is 19.1 Å². The largest absolute Gasteiger partial charge is 0.323 e. The monoisotopic (exact) mass is 353 g/mol. The molecule has 6 nitrogen and oxygen atoms in total. The molecule has 2 amide bonds. The molecule has 3 rings (SSSR count). The Morgan fingerprint density at radius 2 is 1.80 bits per heavy atom. The fourth-order valence-corrected chi connectivity index (χ4v) is 3.81. The molecular weight excluding hydrogens is 338 g/mol. The Kier molecular flexibility index (Phi) is 4.30. The van der Waals surface area contributed by atoms with Crippen LogP contribution in [0.4, 0.5) is 21.9 Å². The van der Waals surface area contributed by atoms with Crippen molar-refractivity contribution in [1.29, 1.82) is 0 Å². The number of amides is 2. The first kappa shape index (κ1) is 16.7. The van der Waals surface area contributed by atoms with Gasteiger partial charge in [0, 0.05) is 16.8 Å². The molecule has 1 aliphatic rings. The second-order valence-electron chi connectivity index (χ2n) is 5.49. The van der Waals surface area contributed by atoms with Gasteiger partial charge >= 0.3 is 6.03 Å². The number of hydrogen-bond acceptors (Lipinski definition) is 3. The van der Waals surface area contributed by atoms with Crippen molar-refractivity contribution in [2.45, 2.75) is 18.2 Å². The smallest absolute Gasteiger partial charge is 0.308 e. The molecule has 0 fully saturated rings. The molecular formula is C18H15N3O3S. The number of sulfone groups is 1. The predicted octanol–water partition coefficient (Wildman–Crippen LogP) is 4.20. The first-order chi connectivity index (χ1) is 11.9. The van der Waals surface area contributed by atoms with Crippen LogP contribution in [0.25, 0.3) is 10.9 Å². The maximum atomic E-state index is 12.1. The van der Waals surface area contributed by atoms with Crippen LogP contribution in [0.5, 0.6) is 0 Å². The van der Waals surface area contributed by atoms with Gasteiger partial charge in [0.2, 0.25) is 9.84 Å². The summed E-state index contributed by atoms with van der Waals surface area (Å²) in [4.78, 5) is 15.8. The minimum Gasteiger partial charge on any atom is -0.308 e. The summed E-state index contributed by atoms with van der Waals surface area (Å²) in [6, 6.07) is 9.31. The lowest BCUT2D eigenvalue weighted by Crippen LogP contribution is -2.19. The van der Waals surface area contributed by atoms with E-state index in [2.05, 4.69) is 15.5 Å². The fraction of sp³-hybridized carbons (Fsp3) is 0.111. The van der Waals surface area contributed by atoms with E-state index in [0.29, 0.717) is 29.0 Å². The average molecular weight is 353 g/mol. The Balaban J connectivity index is 1.75. The number of nitrogens with one attached hydrogen (secondary N) is 2. The number of aryl methyl sites for hydroxylation is 1. The Morgan fingerprint density at radius 3 is 2.48 bits per heavy atom. The summed E-state index contributed by atoms with van der Waals surface area (Å²) in [6.07, 6.45) is 2.21. The summed E-state index contributed by atoms with van der Waals surface area (Å²) < 4.78 is 23.7. The normalized spacial score (nSPS) is 13.8. The summed E-state index contributed by atoms with van der Waals surface area (Å²) in [5, 5.41) is 6.45. The first-order valence-electron chi connectivity index (χ1n) is 7.58. The van der Waals surface area contributed by atoms with Crippen molar-refractivity contribution >= 4 is 39.0 Å². The van der Waals surface area contributed by atoms with E-state index in [9.17, 15) is 13.2 Å². The quantitative estimate of drug-likeness (QED) is 0.812. The standard InChI is InChI=1S/C18H15N3O3S/c1-3-12-10-14(6-7-16(12)19-2)20-18(22)21-15-5-4-13-8-9-25(23,24)17(13)11-15/h4-11H,3H2,1H3,(H2,20,21,22). The van der Waals surface area contributed by atoms with Crippen LogP contribution in [-0.4, -0.2) is 14.4 Å². The number of urea groups is 1. The highest BCUT2D eigenvalue weighted by molar-refractivity contribution is 7.94. The zero-order valence-electron chi connectivity index (χ0n) is 13.4. The van der Waals surface area contributed by atoms with E-state index in [-0.39, 0.29) is 4.90 Å². The van der Waals surface area contributed by atoms with Crippen molar-refractivity contribution in [3.63, 3.8) is 0 Å². The molecule has 2 aromatic carbocycles. The third-order valence-corrected chi connectivity index (χ3v) is 5.30. The molecule has 1 aliphatic heterocycles. The Bertz CT molecular complexity index is 1030. The van der Waals surface area contributed by atoms with E-state index in [1.54, 1.807) is 30.3 Å². The van der Waals surface area contributed by atoms with E-state index in [0.717, 1.165) is 11.0 Å². The minimum atomic E-state index is -3.42. The number of rotatable bonds is 3. The molecule has 7 heteroatoms. The van der Waals surface area contributed by atoms with E-state index in [4.69, 9.17) is 6.57 Å². The maximum Gasteiger partial charge on any atom is 0.323 e. The summed E-state index contributed by atoms with van der Waals surface area (Å²) in [6.45, 7) is 9.05. The number of carbonyl (C=O) groups excluding carboxylic acids is 1. The third kappa shape index (κ3) is 3.39.